The maximum atomic E-state index is 13.3. The van der Waals surface area contributed by atoms with E-state index in [1.807, 2.05) is 98.1 Å². The molecule has 0 bridgehead atoms. The van der Waals surface area contributed by atoms with E-state index in [4.69, 9.17) is 4.74 Å². The van der Waals surface area contributed by atoms with Gasteiger partial charge in [-0.15, -0.1) is 11.3 Å². The van der Waals surface area contributed by atoms with Crippen LogP contribution in [0.3, 0.4) is 0 Å². The molecule has 0 aliphatic carbocycles. The van der Waals surface area contributed by atoms with Crippen LogP contribution in [0.15, 0.2) is 95.9 Å². The van der Waals surface area contributed by atoms with Crippen molar-refractivity contribution >= 4 is 28.8 Å². The molecule has 3 aromatic carbocycles. The van der Waals surface area contributed by atoms with Crippen molar-refractivity contribution in [1.29, 1.82) is 0 Å². The van der Waals surface area contributed by atoms with E-state index < -0.39 is 17.7 Å². The van der Waals surface area contributed by atoms with E-state index in [1.54, 1.807) is 6.07 Å². The third-order valence-corrected chi connectivity index (χ3v) is 7.24. The summed E-state index contributed by atoms with van der Waals surface area (Å²) in [5, 5.41) is 13.3. The van der Waals surface area contributed by atoms with Gasteiger partial charge < -0.3 is 14.7 Å². The van der Waals surface area contributed by atoms with Crippen LogP contribution in [0.4, 0.5) is 0 Å². The number of hydrogen-bond acceptors (Lipinski definition) is 5. The number of aliphatic hydroxyl groups excluding tert-OH is 1. The number of likely N-dealkylation sites (tertiary alicyclic amines) is 1. The van der Waals surface area contributed by atoms with Crippen LogP contribution in [0.2, 0.25) is 0 Å². The fourth-order valence-corrected chi connectivity index (χ4v) is 5.08. The SMILES string of the molecule is Cc1ccc(/C(O)=C2/C(=O)C(=O)N(Cc3cccs3)C2c2cccc(Oc3ccccc3)c2)cc1C. The van der Waals surface area contributed by atoms with Crippen LogP contribution in [-0.2, 0) is 16.1 Å². The molecule has 0 spiro atoms. The molecular weight excluding hydrogens is 470 g/mol. The lowest BCUT2D eigenvalue weighted by Gasteiger charge is -2.25. The first-order chi connectivity index (χ1) is 17.4. The predicted octanol–water partition coefficient (Wildman–Crippen LogP) is 6.78. The number of ketones is 1. The molecule has 0 radical (unpaired) electrons. The molecule has 1 fully saturated rings. The van der Waals surface area contributed by atoms with Crippen molar-refractivity contribution in [3.63, 3.8) is 0 Å². The minimum atomic E-state index is -0.756. The molecule has 1 unspecified atom stereocenters. The number of thiophene rings is 1. The molecule has 6 heteroatoms. The molecule has 0 saturated carbocycles. The fraction of sp³-hybridized carbons (Fsp3) is 0.133. The number of para-hydroxylation sites is 1. The zero-order valence-corrected chi connectivity index (χ0v) is 20.8. The minimum Gasteiger partial charge on any atom is -0.507 e. The number of Topliss-reactive ketones (excluding diaryl/α,β-unsaturated/α-hetero) is 1. The van der Waals surface area contributed by atoms with Gasteiger partial charge in [0.1, 0.15) is 17.3 Å². The van der Waals surface area contributed by atoms with Gasteiger partial charge in [-0.2, -0.15) is 0 Å². The zero-order chi connectivity index (χ0) is 25.2. The van der Waals surface area contributed by atoms with Crippen molar-refractivity contribution in [1.82, 2.24) is 4.90 Å². The molecule has 1 N–H and O–H groups in total. The van der Waals surface area contributed by atoms with Crippen LogP contribution in [0, 0.1) is 13.8 Å². The molecule has 1 aromatic heterocycles. The molecule has 1 saturated heterocycles. The first-order valence-corrected chi connectivity index (χ1v) is 12.5. The molecule has 1 aliphatic rings. The van der Waals surface area contributed by atoms with Gasteiger partial charge in [-0.1, -0.05) is 48.5 Å². The maximum Gasteiger partial charge on any atom is 0.295 e. The standard InChI is InChI=1S/C30H25NO4S/c1-19-13-14-22(16-20(19)2)28(32)26-27(31(30(34)29(26)33)18-25-12-7-15-36-25)21-8-6-11-24(17-21)35-23-9-4-3-5-10-23/h3-17,27,32H,18H2,1-2H3/b28-26-. The lowest BCUT2D eigenvalue weighted by atomic mass is 9.94. The summed E-state index contributed by atoms with van der Waals surface area (Å²) in [5.74, 6) is -0.247. The second kappa shape index (κ2) is 9.84. The van der Waals surface area contributed by atoms with E-state index in [0.29, 0.717) is 22.6 Å². The van der Waals surface area contributed by atoms with Gasteiger partial charge in [0.2, 0.25) is 0 Å². The molecule has 2 heterocycles. The number of rotatable bonds is 6. The number of ether oxygens (including phenoxy) is 1. The number of nitrogens with zero attached hydrogens (tertiary/aromatic N) is 1. The second-order valence-corrected chi connectivity index (χ2v) is 9.83. The van der Waals surface area contributed by atoms with Crippen molar-refractivity contribution < 1.29 is 19.4 Å². The van der Waals surface area contributed by atoms with Gasteiger partial charge in [-0.25, -0.2) is 0 Å². The Kier molecular flexibility index (Phi) is 6.44. The summed E-state index contributed by atoms with van der Waals surface area (Å²) in [4.78, 5) is 29.1. The highest BCUT2D eigenvalue weighted by Gasteiger charge is 2.46. The lowest BCUT2D eigenvalue weighted by Crippen LogP contribution is -2.28. The minimum absolute atomic E-state index is 0.0803. The fourth-order valence-electron chi connectivity index (χ4n) is 4.38. The number of benzene rings is 3. The number of aryl methyl sites for hydroxylation is 2. The van der Waals surface area contributed by atoms with Crippen LogP contribution in [0.25, 0.3) is 5.76 Å². The molecule has 4 aromatic rings. The van der Waals surface area contributed by atoms with E-state index in [-0.39, 0.29) is 17.9 Å². The van der Waals surface area contributed by atoms with Crippen LogP contribution in [0.5, 0.6) is 11.5 Å². The van der Waals surface area contributed by atoms with E-state index >= 15 is 0 Å². The van der Waals surface area contributed by atoms with E-state index in [9.17, 15) is 14.7 Å². The Morgan fingerprint density at radius 2 is 1.67 bits per heavy atom. The number of aliphatic hydroxyl groups is 1. The van der Waals surface area contributed by atoms with Gasteiger partial charge in [-0.05, 0) is 72.3 Å². The number of carbonyl (C=O) groups excluding carboxylic acids is 2. The molecule has 1 atom stereocenters. The smallest absolute Gasteiger partial charge is 0.295 e. The highest BCUT2D eigenvalue weighted by Crippen LogP contribution is 2.42. The summed E-state index contributed by atoms with van der Waals surface area (Å²) in [6.45, 7) is 4.20. The third kappa shape index (κ3) is 4.55. The normalized spacial score (nSPS) is 16.9. The summed E-state index contributed by atoms with van der Waals surface area (Å²) >= 11 is 1.52. The summed E-state index contributed by atoms with van der Waals surface area (Å²) in [6, 6.07) is 25.3. The summed E-state index contributed by atoms with van der Waals surface area (Å²) in [5.41, 5.74) is 3.34. The summed E-state index contributed by atoms with van der Waals surface area (Å²) in [7, 11) is 0. The quantitative estimate of drug-likeness (QED) is 0.182. The average molecular weight is 496 g/mol. The number of amides is 1. The summed E-state index contributed by atoms with van der Waals surface area (Å²) in [6.07, 6.45) is 0. The first-order valence-electron chi connectivity index (χ1n) is 11.6. The Balaban J connectivity index is 1.62. The molecule has 1 aliphatic heterocycles. The third-order valence-electron chi connectivity index (χ3n) is 6.38. The maximum absolute atomic E-state index is 13.3. The Bertz CT molecular complexity index is 1460. The highest BCUT2D eigenvalue weighted by atomic mass is 32.1. The van der Waals surface area contributed by atoms with Crippen LogP contribution in [0.1, 0.15) is 33.2 Å². The first kappa shape index (κ1) is 23.6. The van der Waals surface area contributed by atoms with Crippen molar-refractivity contribution in [2.45, 2.75) is 26.4 Å². The van der Waals surface area contributed by atoms with Gasteiger partial charge >= 0.3 is 0 Å². The second-order valence-electron chi connectivity index (χ2n) is 8.79. The Morgan fingerprint density at radius 3 is 2.39 bits per heavy atom. The van der Waals surface area contributed by atoms with Gasteiger partial charge in [0.05, 0.1) is 18.2 Å². The van der Waals surface area contributed by atoms with Crippen molar-refractivity contribution in [2.75, 3.05) is 0 Å². The van der Waals surface area contributed by atoms with Crippen molar-refractivity contribution in [3.8, 4) is 11.5 Å². The van der Waals surface area contributed by atoms with Gasteiger partial charge in [0, 0.05) is 10.4 Å². The Labute approximate surface area is 213 Å². The Morgan fingerprint density at radius 1 is 0.889 bits per heavy atom. The molecular formula is C30H25NO4S. The van der Waals surface area contributed by atoms with E-state index in [2.05, 4.69) is 0 Å². The zero-order valence-electron chi connectivity index (χ0n) is 20.0. The van der Waals surface area contributed by atoms with Crippen LogP contribution >= 0.6 is 11.3 Å². The summed E-state index contributed by atoms with van der Waals surface area (Å²) < 4.78 is 6.02. The molecule has 5 nitrogen and oxygen atoms in total. The van der Waals surface area contributed by atoms with Crippen LogP contribution in [-0.4, -0.2) is 21.7 Å². The Hall–Kier alpha value is -4.16. The topological polar surface area (TPSA) is 66.8 Å². The largest absolute Gasteiger partial charge is 0.507 e. The van der Waals surface area contributed by atoms with Crippen LogP contribution < -0.4 is 4.74 Å². The van der Waals surface area contributed by atoms with E-state index in [0.717, 1.165) is 16.0 Å². The van der Waals surface area contributed by atoms with Crippen molar-refractivity contribution in [3.05, 3.63) is 123 Å². The van der Waals surface area contributed by atoms with Gasteiger partial charge in [0.25, 0.3) is 11.7 Å². The average Bonchev–Trinajstić information content (AvgIpc) is 3.48. The monoisotopic (exact) mass is 495 g/mol. The van der Waals surface area contributed by atoms with Gasteiger partial charge in [0.15, 0.2) is 0 Å². The van der Waals surface area contributed by atoms with Gasteiger partial charge in [-0.3, -0.25) is 9.59 Å². The lowest BCUT2D eigenvalue weighted by molar-refractivity contribution is -0.140. The molecule has 180 valence electrons. The molecule has 36 heavy (non-hydrogen) atoms. The highest BCUT2D eigenvalue weighted by molar-refractivity contribution is 7.09. The van der Waals surface area contributed by atoms with Crippen molar-refractivity contribution in [2.24, 2.45) is 0 Å². The predicted molar refractivity (Wildman–Crippen MR) is 141 cm³/mol. The molecule has 1 amide bonds. The molecule has 5 rings (SSSR count). The van der Waals surface area contributed by atoms with E-state index in [1.165, 1.54) is 16.2 Å². The number of hydrogen-bond donors (Lipinski definition) is 1. The number of carbonyl (C=O) groups is 2.